The van der Waals surface area contributed by atoms with Crippen LogP contribution in [-0.2, 0) is 11.2 Å². The van der Waals surface area contributed by atoms with Gasteiger partial charge in [0.1, 0.15) is 16.7 Å². The molecule has 130 valence electrons. The van der Waals surface area contributed by atoms with Crippen molar-refractivity contribution in [2.75, 3.05) is 0 Å². The quantitative estimate of drug-likeness (QED) is 0.556. The lowest BCUT2D eigenvalue weighted by Gasteiger charge is -2.14. The first-order valence-corrected chi connectivity index (χ1v) is 8.53. The van der Waals surface area contributed by atoms with Gasteiger partial charge in [-0.3, -0.25) is 9.59 Å². The van der Waals surface area contributed by atoms with Crippen LogP contribution in [0.5, 0.6) is 0 Å². The minimum absolute atomic E-state index is 0.200. The van der Waals surface area contributed by atoms with Crippen LogP contribution in [-0.4, -0.2) is 32.8 Å². The topological polar surface area (TPSA) is 140 Å². The molecule has 24 heavy (non-hydrogen) atoms. The smallest absolute Gasteiger partial charge is 0.271 e. The third kappa shape index (κ3) is 4.87. The number of hydrogen-bond donors (Lipinski definition) is 4. The summed E-state index contributed by atoms with van der Waals surface area (Å²) in [5.41, 5.74) is 12.4. The van der Waals surface area contributed by atoms with Crippen molar-refractivity contribution in [1.29, 1.82) is 0 Å². The number of nitrogens with zero attached hydrogens (tertiary/aromatic N) is 2. The summed E-state index contributed by atoms with van der Waals surface area (Å²) in [6, 6.07) is -1.04. The summed E-state index contributed by atoms with van der Waals surface area (Å²) in [5, 5.41) is 4.95. The highest BCUT2D eigenvalue weighted by Gasteiger charge is 2.22. The number of rotatable bonds is 8. The van der Waals surface area contributed by atoms with E-state index in [0.717, 1.165) is 6.42 Å². The molecule has 0 bridgehead atoms. The van der Waals surface area contributed by atoms with E-state index in [2.05, 4.69) is 34.1 Å². The first-order chi connectivity index (χ1) is 11.4. The van der Waals surface area contributed by atoms with Crippen molar-refractivity contribution >= 4 is 23.2 Å². The number of aromatic amines is 1. The summed E-state index contributed by atoms with van der Waals surface area (Å²) < 4.78 is 0. The molecule has 2 unspecified atom stereocenters. The second kappa shape index (κ2) is 8.02. The van der Waals surface area contributed by atoms with Crippen LogP contribution in [0.2, 0.25) is 0 Å². The SMILES string of the molecule is CC(C)CC(N)c1nc(C(=O)NC(Cc2cnc[nH]2)C(N)=O)cs1. The molecule has 0 spiro atoms. The van der Waals surface area contributed by atoms with Gasteiger partial charge in [0.25, 0.3) is 5.91 Å². The fourth-order valence-electron chi connectivity index (χ4n) is 2.24. The Morgan fingerprint density at radius 1 is 1.42 bits per heavy atom. The lowest BCUT2D eigenvalue weighted by Crippen LogP contribution is -2.46. The molecule has 0 radical (unpaired) electrons. The van der Waals surface area contributed by atoms with E-state index in [1.165, 1.54) is 17.7 Å². The van der Waals surface area contributed by atoms with E-state index in [0.29, 0.717) is 16.6 Å². The molecule has 0 aliphatic rings. The molecule has 2 heterocycles. The Labute approximate surface area is 144 Å². The van der Waals surface area contributed by atoms with Crippen LogP contribution in [0.4, 0.5) is 0 Å². The van der Waals surface area contributed by atoms with E-state index in [1.807, 2.05) is 0 Å². The number of aromatic nitrogens is 3. The second-order valence-corrected chi connectivity index (χ2v) is 6.91. The average molecular weight is 350 g/mol. The molecule has 2 atom stereocenters. The number of imidazole rings is 1. The van der Waals surface area contributed by atoms with Gasteiger partial charge in [-0.25, -0.2) is 9.97 Å². The lowest BCUT2D eigenvalue weighted by molar-refractivity contribution is -0.119. The van der Waals surface area contributed by atoms with Gasteiger partial charge in [-0.2, -0.15) is 0 Å². The zero-order valence-electron chi connectivity index (χ0n) is 13.7. The molecule has 0 saturated carbocycles. The summed E-state index contributed by atoms with van der Waals surface area (Å²) >= 11 is 1.34. The maximum absolute atomic E-state index is 12.3. The summed E-state index contributed by atoms with van der Waals surface area (Å²) in [6.45, 7) is 4.15. The largest absolute Gasteiger partial charge is 0.368 e. The van der Waals surface area contributed by atoms with Crippen LogP contribution >= 0.6 is 11.3 Å². The van der Waals surface area contributed by atoms with Gasteiger partial charge in [-0.05, 0) is 12.3 Å². The number of hydrogen-bond acceptors (Lipinski definition) is 6. The number of thiazole rings is 1. The summed E-state index contributed by atoms with van der Waals surface area (Å²) in [6.07, 6.45) is 4.11. The maximum Gasteiger partial charge on any atom is 0.271 e. The Balaban J connectivity index is 2.02. The van der Waals surface area contributed by atoms with E-state index in [9.17, 15) is 9.59 Å². The normalized spacial score (nSPS) is 13.7. The zero-order chi connectivity index (χ0) is 17.7. The highest BCUT2D eigenvalue weighted by Crippen LogP contribution is 2.22. The van der Waals surface area contributed by atoms with Crippen molar-refractivity contribution in [3.05, 3.63) is 34.3 Å². The molecule has 0 aliphatic carbocycles. The number of H-pyrrole nitrogens is 1. The number of amides is 2. The molecule has 0 aromatic carbocycles. The molecule has 0 saturated heterocycles. The van der Waals surface area contributed by atoms with Gasteiger partial charge >= 0.3 is 0 Å². The van der Waals surface area contributed by atoms with Crippen LogP contribution in [0.15, 0.2) is 17.9 Å². The van der Waals surface area contributed by atoms with Gasteiger partial charge in [0, 0.05) is 23.7 Å². The van der Waals surface area contributed by atoms with Crippen molar-refractivity contribution in [1.82, 2.24) is 20.3 Å². The van der Waals surface area contributed by atoms with Crippen LogP contribution in [0.3, 0.4) is 0 Å². The van der Waals surface area contributed by atoms with Gasteiger partial charge in [0.15, 0.2) is 0 Å². The molecule has 9 heteroatoms. The first-order valence-electron chi connectivity index (χ1n) is 7.65. The standard InChI is InChI=1S/C15H22N6O2S/c1-8(2)3-10(16)15-21-12(6-24-15)14(23)20-11(13(17)22)4-9-5-18-7-19-9/h5-8,10-11H,3-4,16H2,1-2H3,(H2,17,22)(H,18,19)(H,20,23). The molecular weight excluding hydrogens is 328 g/mol. The summed E-state index contributed by atoms with van der Waals surface area (Å²) in [7, 11) is 0. The van der Waals surface area contributed by atoms with E-state index in [-0.39, 0.29) is 18.2 Å². The Hall–Kier alpha value is -2.26. The monoisotopic (exact) mass is 350 g/mol. The number of carbonyl (C=O) groups excluding carboxylic acids is 2. The Kier molecular flexibility index (Phi) is 6.04. The molecule has 0 fully saturated rings. The molecule has 6 N–H and O–H groups in total. The third-order valence-corrected chi connectivity index (χ3v) is 4.40. The predicted molar refractivity (Wildman–Crippen MR) is 91.2 cm³/mol. The first kappa shape index (κ1) is 18.1. The number of carbonyl (C=O) groups is 2. The van der Waals surface area contributed by atoms with Crippen molar-refractivity contribution in [2.45, 2.75) is 38.8 Å². The zero-order valence-corrected chi connectivity index (χ0v) is 14.5. The Bertz CT molecular complexity index is 682. The fourth-order valence-corrected chi connectivity index (χ4v) is 3.06. The van der Waals surface area contributed by atoms with Gasteiger partial charge in [-0.1, -0.05) is 13.8 Å². The highest BCUT2D eigenvalue weighted by molar-refractivity contribution is 7.09. The Morgan fingerprint density at radius 2 is 2.17 bits per heavy atom. The highest BCUT2D eigenvalue weighted by atomic mass is 32.1. The molecule has 2 aromatic rings. The molecular formula is C15H22N6O2S. The predicted octanol–water partition coefficient (Wildman–Crippen LogP) is 0.739. The number of nitrogens with one attached hydrogen (secondary N) is 2. The van der Waals surface area contributed by atoms with Crippen molar-refractivity contribution < 1.29 is 9.59 Å². The van der Waals surface area contributed by atoms with E-state index in [1.54, 1.807) is 11.6 Å². The third-order valence-electron chi connectivity index (χ3n) is 3.42. The van der Waals surface area contributed by atoms with Crippen molar-refractivity contribution in [2.24, 2.45) is 17.4 Å². The van der Waals surface area contributed by atoms with Crippen LogP contribution in [0, 0.1) is 5.92 Å². The molecule has 8 nitrogen and oxygen atoms in total. The van der Waals surface area contributed by atoms with Gasteiger partial charge in [0.05, 0.1) is 12.4 Å². The number of primary amides is 1. The second-order valence-electron chi connectivity index (χ2n) is 6.02. The van der Waals surface area contributed by atoms with Gasteiger partial charge in [-0.15, -0.1) is 11.3 Å². The van der Waals surface area contributed by atoms with Crippen LogP contribution in [0.25, 0.3) is 0 Å². The maximum atomic E-state index is 12.3. The van der Waals surface area contributed by atoms with E-state index in [4.69, 9.17) is 11.5 Å². The van der Waals surface area contributed by atoms with E-state index >= 15 is 0 Å². The van der Waals surface area contributed by atoms with Crippen molar-refractivity contribution in [3.8, 4) is 0 Å². The fraction of sp³-hybridized carbons (Fsp3) is 0.467. The minimum Gasteiger partial charge on any atom is -0.368 e. The van der Waals surface area contributed by atoms with Gasteiger partial charge < -0.3 is 21.8 Å². The summed E-state index contributed by atoms with van der Waals surface area (Å²) in [5.74, 6) is -0.628. The van der Waals surface area contributed by atoms with Gasteiger partial charge in [0.2, 0.25) is 5.91 Å². The molecule has 0 aliphatic heterocycles. The number of nitrogens with two attached hydrogens (primary N) is 2. The van der Waals surface area contributed by atoms with E-state index < -0.39 is 17.9 Å². The van der Waals surface area contributed by atoms with Crippen LogP contribution in [0.1, 0.15) is 47.5 Å². The van der Waals surface area contributed by atoms with Crippen LogP contribution < -0.4 is 16.8 Å². The minimum atomic E-state index is -0.840. The molecule has 2 amide bonds. The average Bonchev–Trinajstić information content (AvgIpc) is 3.17. The summed E-state index contributed by atoms with van der Waals surface area (Å²) in [4.78, 5) is 34.9. The Morgan fingerprint density at radius 3 is 2.75 bits per heavy atom. The lowest BCUT2D eigenvalue weighted by atomic mass is 10.1. The molecule has 2 aromatic heterocycles. The molecule has 2 rings (SSSR count). The van der Waals surface area contributed by atoms with Crippen molar-refractivity contribution in [3.63, 3.8) is 0 Å².